The van der Waals surface area contributed by atoms with Gasteiger partial charge in [-0.25, -0.2) is 0 Å². The molecule has 5 nitrogen and oxygen atoms in total. The van der Waals surface area contributed by atoms with Crippen LogP contribution in [0, 0.1) is 11.3 Å². The third-order valence-electron chi connectivity index (χ3n) is 2.94. The Morgan fingerprint density at radius 3 is 2.94 bits per heavy atom. The Morgan fingerprint density at radius 2 is 2.29 bits per heavy atom. The lowest BCUT2D eigenvalue weighted by atomic mass is 10.3. The first-order valence-corrected chi connectivity index (χ1v) is 6.62. The van der Waals surface area contributed by atoms with Gasteiger partial charge in [0.05, 0.1) is 0 Å². The van der Waals surface area contributed by atoms with Crippen molar-refractivity contribution in [3.05, 3.63) is 5.56 Å². The van der Waals surface area contributed by atoms with E-state index in [1.54, 1.807) is 0 Å². The first-order valence-electron chi connectivity index (χ1n) is 5.85. The number of nitrogens with two attached hydrogens (primary N) is 1. The second-order valence-corrected chi connectivity index (χ2v) is 5.21. The van der Waals surface area contributed by atoms with E-state index in [1.165, 1.54) is 37.5 Å². The molecule has 0 radical (unpaired) electrons. The van der Waals surface area contributed by atoms with Crippen LogP contribution in [-0.2, 0) is 0 Å². The molecular formula is C11H17N5S. The van der Waals surface area contributed by atoms with Gasteiger partial charge in [0.15, 0.2) is 5.82 Å². The largest absolute Gasteiger partial charge is 0.382 e. The van der Waals surface area contributed by atoms with Crippen LogP contribution >= 0.6 is 11.5 Å². The van der Waals surface area contributed by atoms with E-state index in [-0.39, 0.29) is 0 Å². The number of nitrogens with one attached hydrogen (secondary N) is 1. The Kier molecular flexibility index (Phi) is 3.82. The van der Waals surface area contributed by atoms with E-state index >= 15 is 0 Å². The first kappa shape index (κ1) is 12.1. The van der Waals surface area contributed by atoms with Gasteiger partial charge in [0, 0.05) is 12.6 Å². The summed E-state index contributed by atoms with van der Waals surface area (Å²) in [5, 5.41) is 13.1. The SMILES string of the molecule is CC(CN1CCCC1)Nc1snc(N)c1C#N. The van der Waals surface area contributed by atoms with Crippen molar-refractivity contribution < 1.29 is 0 Å². The van der Waals surface area contributed by atoms with Gasteiger partial charge in [-0.15, -0.1) is 0 Å². The minimum absolute atomic E-state index is 0.306. The molecule has 0 aromatic carbocycles. The highest BCUT2D eigenvalue weighted by atomic mass is 32.1. The number of nitriles is 1. The predicted molar refractivity (Wildman–Crippen MR) is 70.0 cm³/mol. The monoisotopic (exact) mass is 251 g/mol. The Morgan fingerprint density at radius 1 is 1.59 bits per heavy atom. The molecule has 3 N–H and O–H groups in total. The summed E-state index contributed by atoms with van der Waals surface area (Å²) in [6.45, 7) is 5.49. The van der Waals surface area contributed by atoms with E-state index in [1.807, 2.05) is 0 Å². The number of anilines is 2. The molecule has 0 bridgehead atoms. The van der Waals surface area contributed by atoms with Crippen LogP contribution in [0.5, 0.6) is 0 Å². The summed E-state index contributed by atoms with van der Waals surface area (Å²) in [4.78, 5) is 2.44. The van der Waals surface area contributed by atoms with Gasteiger partial charge in [0.1, 0.15) is 16.6 Å². The fourth-order valence-electron chi connectivity index (χ4n) is 2.13. The lowest BCUT2D eigenvalue weighted by Gasteiger charge is -2.21. The first-order chi connectivity index (χ1) is 8.20. The molecule has 1 aromatic heterocycles. The number of hydrogen-bond donors (Lipinski definition) is 2. The van der Waals surface area contributed by atoms with Crippen LogP contribution in [0.3, 0.4) is 0 Å². The predicted octanol–water partition coefficient (Wildman–Crippen LogP) is 1.49. The van der Waals surface area contributed by atoms with Gasteiger partial charge < -0.3 is 16.0 Å². The van der Waals surface area contributed by atoms with Crippen molar-refractivity contribution in [3.8, 4) is 6.07 Å². The molecule has 0 amide bonds. The summed E-state index contributed by atoms with van der Waals surface area (Å²) in [5.41, 5.74) is 6.09. The molecule has 2 heterocycles. The summed E-state index contributed by atoms with van der Waals surface area (Å²) in [6, 6.07) is 2.40. The Bertz CT molecular complexity index is 416. The summed E-state index contributed by atoms with van der Waals surface area (Å²) >= 11 is 1.26. The van der Waals surface area contributed by atoms with Crippen molar-refractivity contribution >= 4 is 22.4 Å². The Balaban J connectivity index is 1.93. The highest BCUT2D eigenvalue weighted by molar-refractivity contribution is 7.10. The molecule has 6 heteroatoms. The van der Waals surface area contributed by atoms with Crippen molar-refractivity contribution in [1.29, 1.82) is 5.26 Å². The zero-order chi connectivity index (χ0) is 12.3. The van der Waals surface area contributed by atoms with Gasteiger partial charge in [-0.2, -0.15) is 9.64 Å². The number of aromatic nitrogens is 1. The quantitative estimate of drug-likeness (QED) is 0.847. The normalized spacial score (nSPS) is 17.9. The lowest BCUT2D eigenvalue weighted by molar-refractivity contribution is 0.328. The average Bonchev–Trinajstić information content (AvgIpc) is 2.89. The maximum atomic E-state index is 8.97. The molecule has 1 atom stereocenters. The maximum absolute atomic E-state index is 8.97. The zero-order valence-electron chi connectivity index (χ0n) is 9.94. The lowest BCUT2D eigenvalue weighted by Crippen LogP contribution is -2.32. The molecule has 1 aliphatic rings. The molecule has 0 spiro atoms. The minimum atomic E-state index is 0.306. The van der Waals surface area contributed by atoms with E-state index < -0.39 is 0 Å². The van der Waals surface area contributed by atoms with Crippen LogP contribution in [0.15, 0.2) is 0 Å². The van der Waals surface area contributed by atoms with Gasteiger partial charge in [0.2, 0.25) is 0 Å². The number of hydrogen-bond acceptors (Lipinski definition) is 6. The molecule has 1 saturated heterocycles. The highest BCUT2D eigenvalue weighted by Gasteiger charge is 2.17. The van der Waals surface area contributed by atoms with E-state index in [2.05, 4.69) is 27.6 Å². The number of nitrogen functional groups attached to an aromatic ring is 1. The number of rotatable bonds is 4. The second kappa shape index (κ2) is 5.34. The van der Waals surface area contributed by atoms with E-state index in [0.29, 0.717) is 17.4 Å². The van der Waals surface area contributed by atoms with Gasteiger partial charge in [-0.05, 0) is 44.4 Å². The van der Waals surface area contributed by atoms with E-state index in [0.717, 1.165) is 11.5 Å². The molecule has 92 valence electrons. The van der Waals surface area contributed by atoms with Crippen LogP contribution in [0.4, 0.5) is 10.8 Å². The molecular weight excluding hydrogens is 234 g/mol. The van der Waals surface area contributed by atoms with Crippen molar-refractivity contribution in [1.82, 2.24) is 9.27 Å². The van der Waals surface area contributed by atoms with Crippen LogP contribution in [-0.4, -0.2) is 34.9 Å². The van der Waals surface area contributed by atoms with Gasteiger partial charge in [-0.3, -0.25) is 0 Å². The van der Waals surface area contributed by atoms with Crippen LogP contribution < -0.4 is 11.1 Å². The summed E-state index contributed by atoms with van der Waals surface area (Å²) in [7, 11) is 0. The van der Waals surface area contributed by atoms with Gasteiger partial charge in [0.25, 0.3) is 0 Å². The van der Waals surface area contributed by atoms with E-state index in [4.69, 9.17) is 11.0 Å². The van der Waals surface area contributed by atoms with Crippen LogP contribution in [0.25, 0.3) is 0 Å². The van der Waals surface area contributed by atoms with Crippen molar-refractivity contribution in [2.75, 3.05) is 30.7 Å². The topological polar surface area (TPSA) is 78.0 Å². The second-order valence-electron chi connectivity index (χ2n) is 4.44. The minimum Gasteiger partial charge on any atom is -0.382 e. The summed E-state index contributed by atoms with van der Waals surface area (Å²) in [5.74, 6) is 0.327. The van der Waals surface area contributed by atoms with Crippen molar-refractivity contribution in [2.45, 2.75) is 25.8 Å². The third-order valence-corrected chi connectivity index (χ3v) is 3.73. The summed E-state index contributed by atoms with van der Waals surface area (Å²) < 4.78 is 3.99. The highest BCUT2D eigenvalue weighted by Crippen LogP contribution is 2.26. The van der Waals surface area contributed by atoms with Gasteiger partial charge >= 0.3 is 0 Å². The van der Waals surface area contributed by atoms with E-state index in [9.17, 15) is 0 Å². The molecule has 1 aliphatic heterocycles. The molecule has 1 unspecified atom stereocenters. The van der Waals surface area contributed by atoms with Crippen molar-refractivity contribution in [2.24, 2.45) is 0 Å². The fraction of sp³-hybridized carbons (Fsp3) is 0.636. The van der Waals surface area contributed by atoms with Crippen molar-refractivity contribution in [3.63, 3.8) is 0 Å². The zero-order valence-corrected chi connectivity index (χ0v) is 10.8. The molecule has 17 heavy (non-hydrogen) atoms. The smallest absolute Gasteiger partial charge is 0.157 e. The number of nitrogens with zero attached hydrogens (tertiary/aromatic N) is 3. The van der Waals surface area contributed by atoms with Crippen LogP contribution in [0.2, 0.25) is 0 Å². The average molecular weight is 251 g/mol. The molecule has 2 rings (SSSR count). The molecule has 0 aliphatic carbocycles. The standard InChI is InChI=1S/C11H17N5S/c1-8(7-16-4-2-3-5-16)14-11-9(6-12)10(13)15-17-11/h8,14H,2-5,7H2,1H3,(H2,13,15). The fourth-order valence-corrected chi connectivity index (χ4v) is 2.91. The summed E-state index contributed by atoms with van der Waals surface area (Å²) in [6.07, 6.45) is 2.59. The number of likely N-dealkylation sites (tertiary alicyclic amines) is 1. The molecule has 1 aromatic rings. The third kappa shape index (κ3) is 2.87. The van der Waals surface area contributed by atoms with Crippen LogP contribution in [0.1, 0.15) is 25.3 Å². The van der Waals surface area contributed by atoms with Gasteiger partial charge in [-0.1, -0.05) is 0 Å². The molecule has 0 saturated carbocycles. The molecule has 1 fully saturated rings. The Hall–Kier alpha value is -1.32. The Labute approximate surface area is 105 Å². The maximum Gasteiger partial charge on any atom is 0.157 e.